The van der Waals surface area contributed by atoms with Crippen molar-refractivity contribution in [2.24, 2.45) is 0 Å². The number of halogens is 2. The minimum atomic E-state index is -0.421. The van der Waals surface area contributed by atoms with Gasteiger partial charge in [0.15, 0.2) is 0 Å². The van der Waals surface area contributed by atoms with Crippen LogP contribution in [0.3, 0.4) is 0 Å². The maximum Gasteiger partial charge on any atom is 4.00 e. The largest absolute Gasteiger partial charge is 4.00 e. The van der Waals surface area contributed by atoms with Crippen LogP contribution in [-0.4, -0.2) is 9.52 Å². The molecular weight excluding hydrogens is 466 g/mol. The Balaban J connectivity index is -0.000000397. The van der Waals surface area contributed by atoms with E-state index < -0.39 is 7.92 Å². The molecule has 0 atom stereocenters. The van der Waals surface area contributed by atoms with Crippen molar-refractivity contribution in [1.29, 1.82) is 0 Å². The summed E-state index contributed by atoms with van der Waals surface area (Å²) < 4.78 is 0. The van der Waals surface area contributed by atoms with Crippen molar-refractivity contribution >= 4 is 28.1 Å². The molecule has 0 aromatic heterocycles. The van der Waals surface area contributed by atoms with Gasteiger partial charge in [0.05, 0.1) is 0 Å². The monoisotopic (exact) mass is 497 g/mol. The molecule has 0 N–H and O–H groups in total. The molecule has 3 aromatic rings. The van der Waals surface area contributed by atoms with Crippen molar-refractivity contribution in [3.8, 4) is 0 Å². The molecule has 0 saturated heterocycles. The first-order valence-corrected chi connectivity index (χ1v) is 12.9. The number of hydrogen-bond acceptors (Lipinski definition) is 0. The van der Waals surface area contributed by atoms with Gasteiger partial charge in [0.1, 0.15) is 0 Å². The van der Waals surface area contributed by atoms with Crippen LogP contribution >= 0.6 is 7.92 Å². The molecule has 0 spiro atoms. The van der Waals surface area contributed by atoms with Crippen LogP contribution < -0.4 is 35.4 Å². The van der Waals surface area contributed by atoms with Crippen molar-refractivity contribution < 1.29 is 46.5 Å². The minimum absolute atomic E-state index is 0. The molecule has 0 heterocycles. The molecule has 0 aliphatic carbocycles. The predicted molar refractivity (Wildman–Crippen MR) is 124 cm³/mol. The maximum atomic E-state index is 4.24. The van der Waals surface area contributed by atoms with E-state index >= 15 is 0 Å². The fourth-order valence-electron chi connectivity index (χ4n) is 2.50. The molecule has 0 bridgehead atoms. The van der Waals surface area contributed by atoms with Gasteiger partial charge in [0.2, 0.25) is 0 Å². The summed E-state index contributed by atoms with van der Waals surface area (Å²) in [6, 6.07) is 23.2. The summed E-state index contributed by atoms with van der Waals surface area (Å²) in [4.78, 5) is 0. The van der Waals surface area contributed by atoms with Crippen LogP contribution in [0.4, 0.5) is 0 Å². The van der Waals surface area contributed by atoms with Gasteiger partial charge in [0, 0.05) is 9.52 Å². The zero-order chi connectivity index (χ0) is 19.5. The molecule has 0 aliphatic heterocycles. The van der Waals surface area contributed by atoms with E-state index in [1.165, 1.54) is 32.9 Å². The SMILES string of the molecule is C[SiH]C.Cc1[cH-]c(C)c(C)c1C.[CH2-]P(c1ccccc1)c1ccccc1.[Cl-].[Cl-].[Ti+4]. The van der Waals surface area contributed by atoms with Gasteiger partial charge >= 0.3 is 21.7 Å². The Kier molecular flexibility index (Phi) is 21.3. The Morgan fingerprint density at radius 2 is 0.966 bits per heavy atom. The molecule has 0 unspecified atom stereocenters. The zero-order valence-corrected chi connectivity index (χ0v) is 23.5. The van der Waals surface area contributed by atoms with Crippen LogP contribution in [0.5, 0.6) is 0 Å². The predicted octanol–water partition coefficient (Wildman–Crippen LogP) is 0.0747. The molecule has 0 saturated carbocycles. The van der Waals surface area contributed by atoms with E-state index in [1.54, 1.807) is 0 Å². The smallest absolute Gasteiger partial charge is 1.00 e. The second-order valence-corrected chi connectivity index (χ2v) is 9.48. The topological polar surface area (TPSA) is 0 Å². The third-order valence-corrected chi connectivity index (χ3v) is 6.16. The summed E-state index contributed by atoms with van der Waals surface area (Å²) in [5, 5.41) is 2.66. The Morgan fingerprint density at radius 1 is 0.690 bits per heavy atom. The van der Waals surface area contributed by atoms with E-state index in [0.717, 1.165) is 9.52 Å². The Labute approximate surface area is 209 Å². The normalized spacial score (nSPS) is 8.83. The molecule has 155 valence electrons. The van der Waals surface area contributed by atoms with Crippen LogP contribution in [0.2, 0.25) is 13.1 Å². The van der Waals surface area contributed by atoms with Crippen LogP contribution in [-0.2, 0) is 21.7 Å². The van der Waals surface area contributed by atoms with E-state index in [0.29, 0.717) is 0 Å². The summed E-state index contributed by atoms with van der Waals surface area (Å²) in [5.74, 6) is 0. The summed E-state index contributed by atoms with van der Waals surface area (Å²) >= 11 is 0. The quantitative estimate of drug-likeness (QED) is 0.267. The second kappa shape index (κ2) is 18.5. The first kappa shape index (κ1) is 33.4. The van der Waals surface area contributed by atoms with Crippen molar-refractivity contribution in [2.45, 2.75) is 40.8 Å². The molecule has 0 fully saturated rings. The summed E-state index contributed by atoms with van der Waals surface area (Å²) in [5.41, 5.74) is 5.75. The summed E-state index contributed by atoms with van der Waals surface area (Å²) in [6.07, 6.45) is 0. The van der Waals surface area contributed by atoms with Crippen molar-refractivity contribution in [2.75, 3.05) is 0 Å². The molecule has 0 amide bonds. The van der Waals surface area contributed by atoms with Gasteiger partial charge in [-0.2, -0.15) is 28.3 Å². The molecule has 5 heteroatoms. The van der Waals surface area contributed by atoms with E-state index in [9.17, 15) is 0 Å². The fraction of sp³-hybridized carbons (Fsp3) is 0.250. The van der Waals surface area contributed by atoms with E-state index in [-0.39, 0.29) is 46.5 Å². The number of benzene rings is 2. The average Bonchev–Trinajstić information content (AvgIpc) is 2.89. The van der Waals surface area contributed by atoms with Crippen LogP contribution in [0.25, 0.3) is 0 Å². The average molecular weight is 498 g/mol. The van der Waals surface area contributed by atoms with Gasteiger partial charge in [-0.25, -0.2) is 7.92 Å². The number of hydrogen-bond donors (Lipinski definition) is 0. The molecular formula is C24H32Cl2PSiTi. The van der Waals surface area contributed by atoms with Crippen molar-refractivity contribution in [3.63, 3.8) is 0 Å². The third kappa shape index (κ3) is 11.6. The first-order chi connectivity index (χ1) is 12.4. The molecule has 0 aliphatic rings. The van der Waals surface area contributed by atoms with E-state index in [2.05, 4.69) is 102 Å². The summed E-state index contributed by atoms with van der Waals surface area (Å²) in [6.45, 7) is 17.3. The Hall–Kier alpha value is -0.269. The van der Waals surface area contributed by atoms with Gasteiger partial charge in [-0.1, -0.05) is 112 Å². The number of aryl methyl sites for hydroxylation is 2. The molecule has 3 rings (SSSR count). The van der Waals surface area contributed by atoms with Gasteiger partial charge in [-0.3, -0.25) is 0 Å². The van der Waals surface area contributed by atoms with Gasteiger partial charge in [0.25, 0.3) is 0 Å². The van der Waals surface area contributed by atoms with Crippen LogP contribution in [0.15, 0.2) is 66.7 Å². The first-order valence-electron chi connectivity index (χ1n) is 9.07. The fourth-order valence-corrected chi connectivity index (χ4v) is 3.86. The molecule has 3 aromatic carbocycles. The standard InChI is InChI=1S/C13H12P.C9H13.C2H7Si.2ClH.Ti/c1-14(12-8-4-2-5-9-12)13-10-6-3-7-11-13;1-6-5-7(2)9(4)8(6)3;1-3-2;;;/h2-11H,1H2;5H,1-4H3;3H,1-2H3;2*1H;/q2*-1;;;;+4/p-2. The Bertz CT molecular complexity index is 699. The minimum Gasteiger partial charge on any atom is -1.00 e. The van der Waals surface area contributed by atoms with Crippen LogP contribution in [0, 0.1) is 34.4 Å². The van der Waals surface area contributed by atoms with Gasteiger partial charge < -0.3 is 31.5 Å². The van der Waals surface area contributed by atoms with Crippen LogP contribution in [0.1, 0.15) is 22.3 Å². The zero-order valence-electron chi connectivity index (χ0n) is 18.3. The van der Waals surface area contributed by atoms with Crippen molar-refractivity contribution in [1.82, 2.24) is 0 Å². The summed E-state index contributed by atoms with van der Waals surface area (Å²) in [7, 11) is 0.329. The van der Waals surface area contributed by atoms with Gasteiger partial charge in [-0.15, -0.1) is 0 Å². The second-order valence-electron chi connectivity index (χ2n) is 6.44. The van der Waals surface area contributed by atoms with E-state index in [4.69, 9.17) is 0 Å². The third-order valence-electron chi connectivity index (χ3n) is 4.31. The molecule has 1 radical (unpaired) electrons. The molecule has 0 nitrogen and oxygen atoms in total. The van der Waals surface area contributed by atoms with Crippen molar-refractivity contribution in [3.05, 3.63) is 95.6 Å². The number of rotatable bonds is 2. The van der Waals surface area contributed by atoms with E-state index in [1.807, 2.05) is 12.1 Å². The Morgan fingerprint density at radius 3 is 1.17 bits per heavy atom. The maximum absolute atomic E-state index is 4.24. The van der Waals surface area contributed by atoms with Gasteiger partial charge in [-0.05, 0) is 0 Å². The molecule has 29 heavy (non-hydrogen) atoms.